The van der Waals surface area contributed by atoms with Crippen LogP contribution in [-0.4, -0.2) is 24.2 Å². The second-order valence-electron chi connectivity index (χ2n) is 3.64. The zero-order chi connectivity index (χ0) is 13.4. The van der Waals surface area contributed by atoms with Crippen molar-refractivity contribution in [2.45, 2.75) is 6.92 Å². The SMILES string of the molecule is CC(=O)NCC=Cc1ccc(NC(=O)CCl)cc1. The number of hydrogen-bond donors (Lipinski definition) is 2. The lowest BCUT2D eigenvalue weighted by molar-refractivity contribution is -0.118. The minimum Gasteiger partial charge on any atom is -0.353 e. The molecule has 0 saturated carbocycles. The van der Waals surface area contributed by atoms with Crippen LogP contribution in [0.5, 0.6) is 0 Å². The number of hydrogen-bond acceptors (Lipinski definition) is 2. The molecule has 1 rings (SSSR count). The number of benzene rings is 1. The summed E-state index contributed by atoms with van der Waals surface area (Å²) in [6.45, 7) is 1.97. The molecule has 0 radical (unpaired) electrons. The van der Waals surface area contributed by atoms with Gasteiger partial charge in [0.2, 0.25) is 11.8 Å². The Kier molecular flexibility index (Phi) is 5.94. The van der Waals surface area contributed by atoms with Gasteiger partial charge in [-0.05, 0) is 17.7 Å². The first-order valence-corrected chi connectivity index (χ1v) is 6.02. The Morgan fingerprint density at radius 1 is 1.28 bits per heavy atom. The molecular formula is C13H15ClN2O2. The van der Waals surface area contributed by atoms with Gasteiger partial charge in [-0.15, -0.1) is 11.6 Å². The van der Waals surface area contributed by atoms with E-state index in [1.54, 1.807) is 12.1 Å². The van der Waals surface area contributed by atoms with Gasteiger partial charge in [0.05, 0.1) is 0 Å². The number of amides is 2. The highest BCUT2D eigenvalue weighted by atomic mass is 35.5. The number of halogens is 1. The molecule has 2 N–H and O–H groups in total. The van der Waals surface area contributed by atoms with Gasteiger partial charge in [0.25, 0.3) is 0 Å². The molecular weight excluding hydrogens is 252 g/mol. The maximum Gasteiger partial charge on any atom is 0.239 e. The summed E-state index contributed by atoms with van der Waals surface area (Å²) in [6.07, 6.45) is 3.75. The van der Waals surface area contributed by atoms with E-state index < -0.39 is 0 Å². The van der Waals surface area contributed by atoms with Crippen molar-refractivity contribution in [2.75, 3.05) is 17.7 Å². The molecule has 0 aliphatic carbocycles. The molecule has 0 bridgehead atoms. The predicted octanol–water partition coefficient (Wildman–Crippen LogP) is 2.01. The van der Waals surface area contributed by atoms with Crippen molar-refractivity contribution in [3.05, 3.63) is 35.9 Å². The van der Waals surface area contributed by atoms with E-state index in [1.165, 1.54) is 6.92 Å². The summed E-state index contributed by atoms with van der Waals surface area (Å²) in [7, 11) is 0. The standard InChI is InChI=1S/C13H15ClN2O2/c1-10(17)15-8-2-3-11-4-6-12(7-5-11)16-13(18)9-14/h2-7H,8-9H2,1H3,(H,15,17)(H,16,18). The van der Waals surface area contributed by atoms with Crippen LogP contribution >= 0.6 is 11.6 Å². The molecule has 0 atom stereocenters. The third kappa shape index (κ3) is 5.50. The van der Waals surface area contributed by atoms with E-state index in [0.29, 0.717) is 12.2 Å². The van der Waals surface area contributed by atoms with Crippen molar-refractivity contribution < 1.29 is 9.59 Å². The van der Waals surface area contributed by atoms with Crippen molar-refractivity contribution in [2.24, 2.45) is 0 Å². The van der Waals surface area contributed by atoms with Crippen molar-refractivity contribution in [1.29, 1.82) is 0 Å². The lowest BCUT2D eigenvalue weighted by Gasteiger charge is -2.02. The van der Waals surface area contributed by atoms with Gasteiger partial charge in [-0.2, -0.15) is 0 Å². The van der Waals surface area contributed by atoms with Gasteiger partial charge < -0.3 is 10.6 Å². The Hall–Kier alpha value is -1.81. The molecule has 0 aliphatic rings. The molecule has 1 aromatic carbocycles. The van der Waals surface area contributed by atoms with Gasteiger partial charge >= 0.3 is 0 Å². The Morgan fingerprint density at radius 3 is 2.50 bits per heavy atom. The average Bonchev–Trinajstić information content (AvgIpc) is 2.36. The molecule has 0 saturated heterocycles. The quantitative estimate of drug-likeness (QED) is 0.801. The molecule has 0 fully saturated rings. The van der Waals surface area contributed by atoms with Gasteiger partial charge in [-0.1, -0.05) is 24.3 Å². The molecule has 18 heavy (non-hydrogen) atoms. The molecule has 1 aromatic rings. The van der Waals surface area contributed by atoms with Crippen LogP contribution in [0, 0.1) is 0 Å². The van der Waals surface area contributed by atoms with Gasteiger partial charge in [-0.3, -0.25) is 9.59 Å². The molecule has 0 aliphatic heterocycles. The first-order valence-electron chi connectivity index (χ1n) is 5.48. The Balaban J connectivity index is 2.49. The van der Waals surface area contributed by atoms with E-state index in [2.05, 4.69) is 10.6 Å². The lowest BCUT2D eigenvalue weighted by Crippen LogP contribution is -2.19. The monoisotopic (exact) mass is 266 g/mol. The van der Waals surface area contributed by atoms with Crippen molar-refractivity contribution >= 4 is 35.2 Å². The van der Waals surface area contributed by atoms with E-state index in [-0.39, 0.29) is 17.7 Å². The van der Waals surface area contributed by atoms with E-state index in [9.17, 15) is 9.59 Å². The smallest absolute Gasteiger partial charge is 0.239 e. The number of anilines is 1. The van der Waals surface area contributed by atoms with Crippen LogP contribution in [0.15, 0.2) is 30.3 Å². The summed E-state index contributed by atoms with van der Waals surface area (Å²) in [4.78, 5) is 21.7. The van der Waals surface area contributed by atoms with Crippen LogP contribution in [0.4, 0.5) is 5.69 Å². The van der Waals surface area contributed by atoms with Crippen molar-refractivity contribution in [3.63, 3.8) is 0 Å². The van der Waals surface area contributed by atoms with Crippen molar-refractivity contribution in [1.82, 2.24) is 5.32 Å². The Labute approximate surface area is 111 Å². The fraction of sp³-hybridized carbons (Fsp3) is 0.231. The first kappa shape index (κ1) is 14.3. The summed E-state index contributed by atoms with van der Waals surface area (Å²) in [5.74, 6) is -0.345. The van der Waals surface area contributed by atoms with Gasteiger partial charge in [0.15, 0.2) is 0 Å². The summed E-state index contributed by atoms with van der Waals surface area (Å²) >= 11 is 5.39. The predicted molar refractivity (Wildman–Crippen MR) is 73.5 cm³/mol. The zero-order valence-electron chi connectivity index (χ0n) is 10.1. The lowest BCUT2D eigenvalue weighted by atomic mass is 10.2. The minimum atomic E-state index is -0.231. The normalized spacial score (nSPS) is 10.3. The topological polar surface area (TPSA) is 58.2 Å². The highest BCUT2D eigenvalue weighted by Gasteiger charge is 1.98. The summed E-state index contributed by atoms with van der Waals surface area (Å²) < 4.78 is 0. The van der Waals surface area contributed by atoms with Crippen LogP contribution in [0.1, 0.15) is 12.5 Å². The van der Waals surface area contributed by atoms with E-state index in [0.717, 1.165) is 5.56 Å². The first-order chi connectivity index (χ1) is 8.61. The third-order valence-electron chi connectivity index (χ3n) is 2.09. The number of alkyl halides is 1. The van der Waals surface area contributed by atoms with Gasteiger partial charge in [0, 0.05) is 19.2 Å². The fourth-order valence-corrected chi connectivity index (χ4v) is 1.34. The minimum absolute atomic E-state index is 0.0567. The fourth-order valence-electron chi connectivity index (χ4n) is 1.27. The molecule has 0 aromatic heterocycles. The molecule has 0 heterocycles. The van der Waals surface area contributed by atoms with Crippen LogP contribution < -0.4 is 10.6 Å². The average molecular weight is 267 g/mol. The summed E-state index contributed by atoms with van der Waals surface area (Å²) in [6, 6.07) is 7.33. The molecule has 5 heteroatoms. The number of carbonyl (C=O) groups is 2. The highest BCUT2D eigenvalue weighted by molar-refractivity contribution is 6.29. The van der Waals surface area contributed by atoms with E-state index in [1.807, 2.05) is 24.3 Å². The maximum atomic E-state index is 11.0. The van der Waals surface area contributed by atoms with E-state index >= 15 is 0 Å². The molecule has 4 nitrogen and oxygen atoms in total. The number of carbonyl (C=O) groups excluding carboxylic acids is 2. The number of rotatable bonds is 5. The van der Waals surface area contributed by atoms with Crippen LogP contribution in [-0.2, 0) is 9.59 Å². The second-order valence-corrected chi connectivity index (χ2v) is 3.91. The molecule has 96 valence electrons. The summed E-state index contributed by atoms with van der Waals surface area (Å²) in [5, 5.41) is 5.31. The number of nitrogens with one attached hydrogen (secondary N) is 2. The maximum absolute atomic E-state index is 11.0. The third-order valence-corrected chi connectivity index (χ3v) is 2.34. The van der Waals surface area contributed by atoms with Crippen molar-refractivity contribution in [3.8, 4) is 0 Å². The second kappa shape index (κ2) is 7.50. The van der Waals surface area contributed by atoms with Crippen LogP contribution in [0.25, 0.3) is 6.08 Å². The largest absolute Gasteiger partial charge is 0.353 e. The highest BCUT2D eigenvalue weighted by Crippen LogP contribution is 2.10. The van der Waals surface area contributed by atoms with Gasteiger partial charge in [-0.25, -0.2) is 0 Å². The zero-order valence-corrected chi connectivity index (χ0v) is 10.8. The van der Waals surface area contributed by atoms with Gasteiger partial charge in [0.1, 0.15) is 5.88 Å². The van der Waals surface area contributed by atoms with Crippen LogP contribution in [0.3, 0.4) is 0 Å². The molecule has 0 spiro atoms. The Morgan fingerprint density at radius 2 is 1.94 bits per heavy atom. The van der Waals surface area contributed by atoms with E-state index in [4.69, 9.17) is 11.6 Å². The molecule has 0 unspecified atom stereocenters. The van der Waals surface area contributed by atoms with Crippen LogP contribution in [0.2, 0.25) is 0 Å². The summed E-state index contributed by atoms with van der Waals surface area (Å²) in [5.41, 5.74) is 1.70. The molecule has 2 amide bonds. The Bertz CT molecular complexity index is 441.